The van der Waals surface area contributed by atoms with Crippen molar-refractivity contribution in [2.24, 2.45) is 0 Å². The molecule has 0 aliphatic carbocycles. The number of aromatic nitrogens is 3. The lowest BCUT2D eigenvalue weighted by molar-refractivity contribution is 0.667. The van der Waals surface area contributed by atoms with Crippen LogP contribution in [-0.4, -0.2) is 22.0 Å². The molecule has 4 nitrogen and oxygen atoms in total. The van der Waals surface area contributed by atoms with Gasteiger partial charge in [0.05, 0.1) is 11.7 Å². The number of hydrogen-bond acceptors (Lipinski definition) is 4. The van der Waals surface area contributed by atoms with Crippen molar-refractivity contribution < 1.29 is 0 Å². The first-order chi connectivity index (χ1) is 9.79. The Kier molecular flexibility index (Phi) is 3.39. The van der Waals surface area contributed by atoms with Crippen LogP contribution in [0.2, 0.25) is 0 Å². The fourth-order valence-electron chi connectivity index (χ4n) is 2.47. The van der Waals surface area contributed by atoms with Gasteiger partial charge in [-0.2, -0.15) is 0 Å². The predicted molar refractivity (Wildman–Crippen MR) is 79.4 cm³/mol. The lowest BCUT2D eigenvalue weighted by Gasteiger charge is -2.18. The van der Waals surface area contributed by atoms with Crippen molar-refractivity contribution in [1.82, 2.24) is 20.3 Å². The average Bonchev–Trinajstić information content (AvgIpc) is 2.48. The van der Waals surface area contributed by atoms with Gasteiger partial charge in [-0.05, 0) is 25.4 Å². The lowest BCUT2D eigenvalue weighted by atomic mass is 9.99. The van der Waals surface area contributed by atoms with Crippen LogP contribution in [0, 0.1) is 6.92 Å². The van der Waals surface area contributed by atoms with Crippen LogP contribution in [0.1, 0.15) is 23.1 Å². The molecule has 0 saturated carbocycles. The van der Waals surface area contributed by atoms with E-state index in [0.29, 0.717) is 0 Å². The molecular weight excluding hydrogens is 248 g/mol. The molecule has 0 aliphatic rings. The molecule has 4 heteroatoms. The molecule has 2 aromatic heterocycles. The minimum Gasteiger partial charge on any atom is -0.308 e. The molecular formula is C16H16N4. The monoisotopic (exact) mass is 264 g/mol. The number of fused-ring (bicyclic) bond motifs is 1. The summed E-state index contributed by atoms with van der Waals surface area (Å²) in [5.41, 5.74) is 2.09. The molecule has 0 radical (unpaired) electrons. The van der Waals surface area contributed by atoms with Crippen molar-refractivity contribution in [3.05, 3.63) is 66.0 Å². The van der Waals surface area contributed by atoms with Crippen LogP contribution in [0.25, 0.3) is 10.8 Å². The standard InChI is InChI=1S/C16H16N4/c1-11-19-8-7-15(20-11)16(17-2)14-10-18-9-12-5-3-4-6-13(12)14/h3-10,16-17H,1-2H3. The van der Waals surface area contributed by atoms with E-state index in [-0.39, 0.29) is 6.04 Å². The van der Waals surface area contributed by atoms with Gasteiger partial charge >= 0.3 is 0 Å². The Balaban J connectivity index is 2.17. The first-order valence-corrected chi connectivity index (χ1v) is 6.59. The number of nitrogens with zero attached hydrogens (tertiary/aromatic N) is 3. The zero-order valence-electron chi connectivity index (χ0n) is 11.5. The molecule has 3 rings (SSSR count). The molecule has 20 heavy (non-hydrogen) atoms. The van der Waals surface area contributed by atoms with Crippen molar-refractivity contribution in [3.63, 3.8) is 0 Å². The van der Waals surface area contributed by atoms with Crippen molar-refractivity contribution in [2.45, 2.75) is 13.0 Å². The smallest absolute Gasteiger partial charge is 0.125 e. The summed E-state index contributed by atoms with van der Waals surface area (Å²) in [5, 5.41) is 5.65. The third-order valence-electron chi connectivity index (χ3n) is 3.39. The fourth-order valence-corrected chi connectivity index (χ4v) is 2.47. The number of aryl methyl sites for hydroxylation is 1. The van der Waals surface area contributed by atoms with E-state index in [1.165, 1.54) is 5.39 Å². The van der Waals surface area contributed by atoms with E-state index in [0.717, 1.165) is 22.5 Å². The Morgan fingerprint density at radius 1 is 1.10 bits per heavy atom. The second-order valence-electron chi connectivity index (χ2n) is 4.70. The largest absolute Gasteiger partial charge is 0.308 e. The Morgan fingerprint density at radius 3 is 2.75 bits per heavy atom. The summed E-state index contributed by atoms with van der Waals surface area (Å²) >= 11 is 0. The summed E-state index contributed by atoms with van der Waals surface area (Å²) in [6.07, 6.45) is 5.58. The Morgan fingerprint density at radius 2 is 1.95 bits per heavy atom. The van der Waals surface area contributed by atoms with Crippen LogP contribution >= 0.6 is 0 Å². The van der Waals surface area contributed by atoms with Crippen molar-refractivity contribution in [3.8, 4) is 0 Å². The molecule has 1 N–H and O–H groups in total. The van der Waals surface area contributed by atoms with Crippen LogP contribution < -0.4 is 5.32 Å². The van der Waals surface area contributed by atoms with Gasteiger partial charge in [-0.1, -0.05) is 24.3 Å². The quantitative estimate of drug-likeness (QED) is 0.790. The molecule has 100 valence electrons. The predicted octanol–water partition coefficient (Wildman–Crippen LogP) is 2.64. The summed E-state index contributed by atoms with van der Waals surface area (Å²) in [6, 6.07) is 10.2. The third-order valence-corrected chi connectivity index (χ3v) is 3.39. The highest BCUT2D eigenvalue weighted by atomic mass is 14.9. The van der Waals surface area contributed by atoms with E-state index >= 15 is 0 Å². The van der Waals surface area contributed by atoms with E-state index in [9.17, 15) is 0 Å². The molecule has 2 heterocycles. The second kappa shape index (κ2) is 5.35. The van der Waals surface area contributed by atoms with E-state index in [1.807, 2.05) is 44.6 Å². The molecule has 1 atom stereocenters. The van der Waals surface area contributed by atoms with Crippen LogP contribution in [0.5, 0.6) is 0 Å². The fraction of sp³-hybridized carbons (Fsp3) is 0.188. The van der Waals surface area contributed by atoms with Crippen LogP contribution in [0.4, 0.5) is 0 Å². The van der Waals surface area contributed by atoms with Crippen LogP contribution in [-0.2, 0) is 0 Å². The van der Waals surface area contributed by atoms with E-state index in [4.69, 9.17) is 0 Å². The van der Waals surface area contributed by atoms with E-state index in [2.05, 4.69) is 32.4 Å². The molecule has 0 aliphatic heterocycles. The second-order valence-corrected chi connectivity index (χ2v) is 4.70. The minimum absolute atomic E-state index is 0.00954. The molecule has 0 fully saturated rings. The maximum Gasteiger partial charge on any atom is 0.125 e. The maximum atomic E-state index is 4.53. The van der Waals surface area contributed by atoms with Gasteiger partial charge in [0.25, 0.3) is 0 Å². The van der Waals surface area contributed by atoms with Gasteiger partial charge < -0.3 is 5.32 Å². The summed E-state index contributed by atoms with van der Waals surface area (Å²) in [7, 11) is 1.93. The van der Waals surface area contributed by atoms with Gasteiger partial charge in [-0.25, -0.2) is 9.97 Å². The van der Waals surface area contributed by atoms with E-state index < -0.39 is 0 Å². The van der Waals surface area contributed by atoms with Gasteiger partial charge in [-0.3, -0.25) is 4.98 Å². The zero-order valence-corrected chi connectivity index (χ0v) is 11.5. The van der Waals surface area contributed by atoms with Gasteiger partial charge in [0.1, 0.15) is 5.82 Å². The number of pyridine rings is 1. The van der Waals surface area contributed by atoms with Gasteiger partial charge in [0, 0.05) is 29.5 Å². The normalized spacial score (nSPS) is 12.5. The number of hydrogen-bond donors (Lipinski definition) is 1. The Labute approximate surface area is 117 Å². The van der Waals surface area contributed by atoms with Crippen molar-refractivity contribution >= 4 is 10.8 Å². The summed E-state index contributed by atoms with van der Waals surface area (Å²) in [6.45, 7) is 1.90. The van der Waals surface area contributed by atoms with Crippen molar-refractivity contribution in [2.75, 3.05) is 7.05 Å². The van der Waals surface area contributed by atoms with Gasteiger partial charge in [0.2, 0.25) is 0 Å². The molecule has 0 bridgehead atoms. The Hall–Kier alpha value is -2.33. The maximum absolute atomic E-state index is 4.53. The highest BCUT2D eigenvalue weighted by Crippen LogP contribution is 2.26. The first kappa shape index (κ1) is 12.7. The number of rotatable bonds is 3. The molecule has 0 amide bonds. The van der Waals surface area contributed by atoms with Crippen molar-refractivity contribution in [1.29, 1.82) is 0 Å². The zero-order chi connectivity index (χ0) is 13.9. The van der Waals surface area contributed by atoms with E-state index in [1.54, 1.807) is 6.20 Å². The summed E-state index contributed by atoms with van der Waals surface area (Å²) < 4.78 is 0. The third kappa shape index (κ3) is 2.26. The number of nitrogens with one attached hydrogen (secondary N) is 1. The molecule has 0 saturated heterocycles. The average molecular weight is 264 g/mol. The SMILES string of the molecule is CNC(c1ccnc(C)n1)c1cncc2ccccc12. The van der Waals surface area contributed by atoms with Crippen LogP contribution in [0.15, 0.2) is 48.9 Å². The van der Waals surface area contributed by atoms with Gasteiger partial charge in [-0.15, -0.1) is 0 Å². The van der Waals surface area contributed by atoms with Crippen LogP contribution in [0.3, 0.4) is 0 Å². The highest BCUT2D eigenvalue weighted by Gasteiger charge is 2.16. The number of benzene rings is 1. The molecule has 1 aromatic carbocycles. The first-order valence-electron chi connectivity index (χ1n) is 6.59. The lowest BCUT2D eigenvalue weighted by Crippen LogP contribution is -2.20. The molecule has 3 aromatic rings. The summed E-state index contributed by atoms with van der Waals surface area (Å²) in [5.74, 6) is 0.774. The molecule has 0 spiro atoms. The minimum atomic E-state index is 0.00954. The Bertz CT molecular complexity index is 734. The van der Waals surface area contributed by atoms with Gasteiger partial charge in [0.15, 0.2) is 0 Å². The molecule has 1 unspecified atom stereocenters. The summed E-state index contributed by atoms with van der Waals surface area (Å²) in [4.78, 5) is 13.0. The topological polar surface area (TPSA) is 50.7 Å². The highest BCUT2D eigenvalue weighted by molar-refractivity contribution is 5.85.